The van der Waals surface area contributed by atoms with Gasteiger partial charge in [0.05, 0.1) is 18.5 Å². The molecule has 0 aliphatic carbocycles. The molecule has 0 bridgehead atoms. The molecule has 1 aromatic heterocycles. The molecule has 0 fully saturated rings. The lowest BCUT2D eigenvalue weighted by molar-refractivity contribution is -0.142. The van der Waals surface area contributed by atoms with Gasteiger partial charge >= 0.3 is 5.97 Å². The number of halogens is 1. The number of aromatic nitrogens is 2. The van der Waals surface area contributed by atoms with E-state index in [0.29, 0.717) is 11.4 Å². The average molecular weight is 437 g/mol. The van der Waals surface area contributed by atoms with Gasteiger partial charge in [0.1, 0.15) is 11.6 Å². The largest absolute Gasteiger partial charge is 0.482 e. The molecular formula is C24H24FN3O4. The zero-order valence-electron chi connectivity index (χ0n) is 18.3. The summed E-state index contributed by atoms with van der Waals surface area (Å²) in [6, 6.07) is 11.1. The molecule has 0 aliphatic rings. The van der Waals surface area contributed by atoms with Gasteiger partial charge in [-0.15, -0.1) is 0 Å². The third-order valence-corrected chi connectivity index (χ3v) is 4.86. The summed E-state index contributed by atoms with van der Waals surface area (Å²) < 4.78 is 24.8. The lowest BCUT2D eigenvalue weighted by Gasteiger charge is -2.10. The minimum Gasteiger partial charge on any atom is -0.482 e. The molecular weight excluding hydrogens is 413 g/mol. The summed E-state index contributed by atoms with van der Waals surface area (Å²) in [7, 11) is 1.29. The van der Waals surface area contributed by atoms with Crippen LogP contribution >= 0.6 is 0 Å². The molecule has 0 atom stereocenters. The van der Waals surface area contributed by atoms with E-state index in [1.54, 1.807) is 41.1 Å². The van der Waals surface area contributed by atoms with E-state index >= 15 is 0 Å². The Labute approximate surface area is 185 Å². The van der Waals surface area contributed by atoms with Crippen molar-refractivity contribution in [3.05, 3.63) is 76.9 Å². The van der Waals surface area contributed by atoms with Crippen LogP contribution in [0.3, 0.4) is 0 Å². The second kappa shape index (κ2) is 9.91. The van der Waals surface area contributed by atoms with Crippen molar-refractivity contribution < 1.29 is 23.5 Å². The quantitative estimate of drug-likeness (QED) is 0.444. The van der Waals surface area contributed by atoms with E-state index in [9.17, 15) is 14.0 Å². The summed E-state index contributed by atoms with van der Waals surface area (Å²) in [5.74, 6) is -0.588. The predicted octanol–water partition coefficient (Wildman–Crippen LogP) is 4.14. The van der Waals surface area contributed by atoms with E-state index < -0.39 is 5.97 Å². The molecule has 32 heavy (non-hydrogen) atoms. The highest BCUT2D eigenvalue weighted by molar-refractivity contribution is 6.02. The number of ether oxygens (including phenoxy) is 2. The highest BCUT2D eigenvalue weighted by atomic mass is 19.1. The Hall–Kier alpha value is -3.94. The van der Waals surface area contributed by atoms with E-state index in [1.165, 1.54) is 25.3 Å². The highest BCUT2D eigenvalue weighted by Gasteiger charge is 2.12. The first-order valence-electron chi connectivity index (χ1n) is 9.90. The molecule has 1 N–H and O–H groups in total. The van der Waals surface area contributed by atoms with Gasteiger partial charge in [0, 0.05) is 23.0 Å². The molecule has 3 aromatic rings. The summed E-state index contributed by atoms with van der Waals surface area (Å²) in [5, 5.41) is 7.32. The van der Waals surface area contributed by atoms with Crippen LogP contribution in [-0.2, 0) is 14.3 Å². The SMILES string of the molecule is COC(=O)COc1ccc(NC(=O)/C=C/c2c(C)nn(-c3ccc(F)cc3)c2C)c(C)c1. The normalized spacial score (nSPS) is 10.9. The summed E-state index contributed by atoms with van der Waals surface area (Å²) in [4.78, 5) is 23.6. The molecule has 1 heterocycles. The number of benzene rings is 2. The van der Waals surface area contributed by atoms with E-state index in [4.69, 9.17) is 4.74 Å². The van der Waals surface area contributed by atoms with E-state index in [0.717, 1.165) is 28.2 Å². The Morgan fingerprint density at radius 3 is 2.50 bits per heavy atom. The van der Waals surface area contributed by atoms with Crippen LogP contribution in [0.15, 0.2) is 48.5 Å². The van der Waals surface area contributed by atoms with Crippen molar-refractivity contribution in [1.29, 1.82) is 0 Å². The smallest absolute Gasteiger partial charge is 0.343 e. The number of aryl methyl sites for hydroxylation is 2. The van der Waals surface area contributed by atoms with Gasteiger partial charge in [-0.05, 0) is 74.9 Å². The summed E-state index contributed by atoms with van der Waals surface area (Å²) >= 11 is 0. The lowest BCUT2D eigenvalue weighted by atomic mass is 10.1. The first-order chi connectivity index (χ1) is 15.3. The van der Waals surface area contributed by atoms with Crippen LogP contribution in [0.1, 0.15) is 22.5 Å². The number of carbonyl (C=O) groups excluding carboxylic acids is 2. The number of carbonyl (C=O) groups is 2. The fourth-order valence-electron chi connectivity index (χ4n) is 3.13. The molecule has 0 saturated heterocycles. The van der Waals surface area contributed by atoms with Gasteiger partial charge < -0.3 is 14.8 Å². The maximum atomic E-state index is 13.2. The summed E-state index contributed by atoms with van der Waals surface area (Å²) in [6.45, 7) is 5.37. The monoisotopic (exact) mass is 437 g/mol. The molecule has 0 radical (unpaired) electrons. The van der Waals surface area contributed by atoms with Gasteiger partial charge in [0.25, 0.3) is 0 Å². The Morgan fingerprint density at radius 2 is 1.84 bits per heavy atom. The second-order valence-corrected chi connectivity index (χ2v) is 7.14. The third-order valence-electron chi connectivity index (χ3n) is 4.86. The van der Waals surface area contributed by atoms with Crippen molar-refractivity contribution in [2.75, 3.05) is 19.0 Å². The zero-order chi connectivity index (χ0) is 23.3. The number of rotatable bonds is 7. The van der Waals surface area contributed by atoms with E-state index in [1.807, 2.05) is 20.8 Å². The molecule has 0 aliphatic heterocycles. The third kappa shape index (κ3) is 5.40. The minimum absolute atomic E-state index is 0.186. The maximum Gasteiger partial charge on any atom is 0.343 e. The van der Waals surface area contributed by atoms with Gasteiger partial charge in [-0.2, -0.15) is 5.10 Å². The number of esters is 1. The molecule has 0 unspecified atom stereocenters. The fraction of sp³-hybridized carbons (Fsp3) is 0.208. The molecule has 0 saturated carbocycles. The van der Waals surface area contributed by atoms with Gasteiger partial charge in [0.2, 0.25) is 5.91 Å². The van der Waals surface area contributed by atoms with Crippen LogP contribution in [0.4, 0.5) is 10.1 Å². The van der Waals surface area contributed by atoms with E-state index in [2.05, 4.69) is 15.2 Å². The van der Waals surface area contributed by atoms with Crippen molar-refractivity contribution in [3.8, 4) is 11.4 Å². The Morgan fingerprint density at radius 1 is 1.12 bits per heavy atom. The van der Waals surface area contributed by atoms with Crippen LogP contribution < -0.4 is 10.1 Å². The number of nitrogens with zero attached hydrogens (tertiary/aromatic N) is 2. The molecule has 3 rings (SSSR count). The van der Waals surface area contributed by atoms with Crippen molar-refractivity contribution in [2.45, 2.75) is 20.8 Å². The van der Waals surface area contributed by atoms with Gasteiger partial charge in [-0.1, -0.05) is 0 Å². The number of amides is 1. The average Bonchev–Trinajstić information content (AvgIpc) is 3.06. The Balaban J connectivity index is 1.69. The lowest BCUT2D eigenvalue weighted by Crippen LogP contribution is -2.13. The number of hydrogen-bond donors (Lipinski definition) is 1. The van der Waals surface area contributed by atoms with Gasteiger partial charge in [-0.3, -0.25) is 4.79 Å². The first-order valence-corrected chi connectivity index (χ1v) is 9.90. The van der Waals surface area contributed by atoms with E-state index in [-0.39, 0.29) is 18.3 Å². The molecule has 7 nitrogen and oxygen atoms in total. The predicted molar refractivity (Wildman–Crippen MR) is 119 cm³/mol. The number of nitrogens with one attached hydrogen (secondary N) is 1. The van der Waals surface area contributed by atoms with Crippen molar-refractivity contribution >= 4 is 23.6 Å². The molecule has 0 spiro atoms. The minimum atomic E-state index is -0.474. The summed E-state index contributed by atoms with van der Waals surface area (Å²) in [6.07, 6.45) is 3.14. The first kappa shape index (κ1) is 22.7. The van der Waals surface area contributed by atoms with Gasteiger partial charge in [-0.25, -0.2) is 13.9 Å². The fourth-order valence-corrected chi connectivity index (χ4v) is 3.13. The Kier molecular flexibility index (Phi) is 7.04. The summed E-state index contributed by atoms with van der Waals surface area (Å²) in [5.41, 5.74) is 4.54. The number of anilines is 1. The van der Waals surface area contributed by atoms with Crippen molar-refractivity contribution in [3.63, 3.8) is 0 Å². The van der Waals surface area contributed by atoms with Crippen LogP contribution in [0.5, 0.6) is 5.75 Å². The number of methoxy groups -OCH3 is 1. The zero-order valence-corrected chi connectivity index (χ0v) is 18.3. The second-order valence-electron chi connectivity index (χ2n) is 7.14. The Bertz CT molecular complexity index is 1170. The number of hydrogen-bond acceptors (Lipinski definition) is 5. The molecule has 2 aromatic carbocycles. The van der Waals surface area contributed by atoms with Gasteiger partial charge in [0.15, 0.2) is 6.61 Å². The van der Waals surface area contributed by atoms with Crippen LogP contribution in [-0.4, -0.2) is 35.4 Å². The van der Waals surface area contributed by atoms with Crippen LogP contribution in [0.2, 0.25) is 0 Å². The molecule has 8 heteroatoms. The molecule has 166 valence electrons. The topological polar surface area (TPSA) is 82.4 Å². The van der Waals surface area contributed by atoms with Crippen molar-refractivity contribution in [2.24, 2.45) is 0 Å². The van der Waals surface area contributed by atoms with Crippen molar-refractivity contribution in [1.82, 2.24) is 9.78 Å². The van der Waals surface area contributed by atoms with Crippen LogP contribution in [0.25, 0.3) is 11.8 Å². The standard InChI is InChI=1S/C24H24FN3O4/c1-15-13-20(32-14-24(30)31-4)9-11-22(15)26-23(29)12-10-21-16(2)27-28(17(21)3)19-7-5-18(25)6-8-19/h5-13H,14H2,1-4H3,(H,26,29)/b12-10+. The maximum absolute atomic E-state index is 13.2. The van der Waals surface area contributed by atoms with Crippen LogP contribution in [0, 0.1) is 26.6 Å². The highest BCUT2D eigenvalue weighted by Crippen LogP contribution is 2.22. The molecule has 1 amide bonds.